The van der Waals surface area contributed by atoms with Crippen LogP contribution < -0.4 is 5.84 Å². The number of nitrogens with two attached hydrogens (primary N) is 1. The molecule has 0 bridgehead atoms. The third-order valence-corrected chi connectivity index (χ3v) is 2.42. The lowest BCUT2D eigenvalue weighted by Gasteiger charge is -2.15. The number of amides is 1. The van der Waals surface area contributed by atoms with Crippen LogP contribution >= 0.6 is 0 Å². The Morgan fingerprint density at radius 1 is 1.18 bits per heavy atom. The Morgan fingerprint density at radius 3 is 2.59 bits per heavy atom. The fourth-order valence-corrected chi connectivity index (χ4v) is 1.53. The van der Waals surface area contributed by atoms with Crippen LogP contribution in [0.3, 0.4) is 0 Å². The number of furan rings is 1. The third kappa shape index (κ3) is 3.19. The maximum atomic E-state index is 11.8. The van der Waals surface area contributed by atoms with Crippen LogP contribution in [-0.2, 0) is 17.8 Å². The Morgan fingerprint density at radius 2 is 1.94 bits per heavy atom. The summed E-state index contributed by atoms with van der Waals surface area (Å²) in [5.74, 6) is 6.17. The first-order valence-corrected chi connectivity index (χ1v) is 5.37. The van der Waals surface area contributed by atoms with Gasteiger partial charge >= 0.3 is 0 Å². The predicted octanol–water partition coefficient (Wildman–Crippen LogP) is 1.72. The van der Waals surface area contributed by atoms with Crippen molar-refractivity contribution in [2.24, 2.45) is 5.84 Å². The maximum Gasteiger partial charge on any atom is 0.244 e. The number of rotatable bonds is 4. The van der Waals surface area contributed by atoms with Gasteiger partial charge in [-0.3, -0.25) is 9.80 Å². The minimum atomic E-state index is -0.163. The molecule has 0 radical (unpaired) electrons. The molecule has 17 heavy (non-hydrogen) atoms. The van der Waals surface area contributed by atoms with Crippen molar-refractivity contribution in [3.63, 3.8) is 0 Å². The first-order valence-electron chi connectivity index (χ1n) is 5.37. The standard InChI is InChI=1S/C13H14N2O2/c14-15(10-11-5-2-1-3-6-11)13(16)9-12-7-4-8-17-12/h1-8H,9-10,14H2. The van der Waals surface area contributed by atoms with Crippen LogP contribution in [0.2, 0.25) is 0 Å². The summed E-state index contributed by atoms with van der Waals surface area (Å²) >= 11 is 0. The molecule has 0 aliphatic carbocycles. The van der Waals surface area contributed by atoms with Gasteiger partial charge in [-0.25, -0.2) is 5.84 Å². The van der Waals surface area contributed by atoms with E-state index in [2.05, 4.69) is 0 Å². The van der Waals surface area contributed by atoms with Crippen molar-refractivity contribution < 1.29 is 9.21 Å². The summed E-state index contributed by atoms with van der Waals surface area (Å²) in [7, 11) is 0. The van der Waals surface area contributed by atoms with E-state index in [9.17, 15) is 4.79 Å². The first-order chi connectivity index (χ1) is 8.25. The number of hydrazine groups is 1. The zero-order chi connectivity index (χ0) is 12.1. The van der Waals surface area contributed by atoms with Gasteiger partial charge in [-0.15, -0.1) is 0 Å². The lowest BCUT2D eigenvalue weighted by molar-refractivity contribution is -0.131. The normalized spacial score (nSPS) is 10.2. The molecule has 0 fully saturated rings. The summed E-state index contributed by atoms with van der Waals surface area (Å²) in [6.07, 6.45) is 1.73. The number of benzene rings is 1. The van der Waals surface area contributed by atoms with Crippen LogP contribution in [0.5, 0.6) is 0 Å². The van der Waals surface area contributed by atoms with Crippen LogP contribution in [-0.4, -0.2) is 10.9 Å². The highest BCUT2D eigenvalue weighted by atomic mass is 16.3. The molecule has 1 amide bonds. The highest BCUT2D eigenvalue weighted by molar-refractivity contribution is 5.77. The Labute approximate surface area is 99.6 Å². The summed E-state index contributed by atoms with van der Waals surface area (Å²) in [5, 5.41) is 1.21. The fraction of sp³-hybridized carbons (Fsp3) is 0.154. The monoisotopic (exact) mass is 230 g/mol. The molecule has 0 saturated heterocycles. The van der Waals surface area contributed by atoms with Gasteiger partial charge in [0, 0.05) is 0 Å². The summed E-state index contributed by atoms with van der Waals surface area (Å²) < 4.78 is 5.10. The predicted molar refractivity (Wildman–Crippen MR) is 63.6 cm³/mol. The molecule has 0 spiro atoms. The number of nitrogens with zero attached hydrogens (tertiary/aromatic N) is 1. The van der Waals surface area contributed by atoms with Crippen LogP contribution in [0.15, 0.2) is 53.1 Å². The largest absolute Gasteiger partial charge is 0.469 e. The van der Waals surface area contributed by atoms with Crippen molar-refractivity contribution in [3.8, 4) is 0 Å². The van der Waals surface area contributed by atoms with Gasteiger partial charge in [-0.05, 0) is 17.7 Å². The Bertz CT molecular complexity index is 465. The molecule has 4 heteroatoms. The summed E-state index contributed by atoms with van der Waals surface area (Å²) in [5.41, 5.74) is 1.00. The van der Waals surface area contributed by atoms with Gasteiger partial charge in [0.1, 0.15) is 5.76 Å². The quantitative estimate of drug-likeness (QED) is 0.494. The second-order valence-electron chi connectivity index (χ2n) is 3.76. The van der Waals surface area contributed by atoms with E-state index < -0.39 is 0 Å². The second-order valence-corrected chi connectivity index (χ2v) is 3.76. The molecule has 1 heterocycles. The zero-order valence-corrected chi connectivity index (χ0v) is 9.37. The molecular weight excluding hydrogens is 216 g/mol. The van der Waals surface area contributed by atoms with Crippen molar-refractivity contribution in [1.29, 1.82) is 0 Å². The van der Waals surface area contributed by atoms with E-state index in [4.69, 9.17) is 10.3 Å². The van der Waals surface area contributed by atoms with Gasteiger partial charge in [0.15, 0.2) is 0 Å². The number of carbonyl (C=O) groups excluding carboxylic acids is 1. The molecule has 4 nitrogen and oxygen atoms in total. The van der Waals surface area contributed by atoms with E-state index in [0.29, 0.717) is 12.3 Å². The van der Waals surface area contributed by atoms with E-state index in [0.717, 1.165) is 5.56 Å². The Kier molecular flexibility index (Phi) is 3.57. The van der Waals surface area contributed by atoms with Crippen LogP contribution in [0.25, 0.3) is 0 Å². The Balaban J connectivity index is 1.92. The fourth-order valence-electron chi connectivity index (χ4n) is 1.53. The molecule has 0 aliphatic heterocycles. The molecule has 0 saturated carbocycles. The van der Waals surface area contributed by atoms with Gasteiger partial charge in [-0.2, -0.15) is 0 Å². The second kappa shape index (κ2) is 5.32. The SMILES string of the molecule is NN(Cc1ccccc1)C(=O)Cc1ccco1. The number of hydrogen-bond donors (Lipinski definition) is 1. The van der Waals surface area contributed by atoms with E-state index in [1.807, 2.05) is 30.3 Å². The molecule has 1 aromatic heterocycles. The van der Waals surface area contributed by atoms with E-state index >= 15 is 0 Å². The summed E-state index contributed by atoms with van der Waals surface area (Å²) in [4.78, 5) is 11.8. The summed E-state index contributed by atoms with van der Waals surface area (Å²) in [6, 6.07) is 13.1. The maximum absolute atomic E-state index is 11.8. The molecule has 0 aliphatic rings. The minimum Gasteiger partial charge on any atom is -0.469 e. The van der Waals surface area contributed by atoms with Crippen molar-refractivity contribution in [3.05, 3.63) is 60.1 Å². The van der Waals surface area contributed by atoms with Crippen LogP contribution in [0.1, 0.15) is 11.3 Å². The lowest BCUT2D eigenvalue weighted by Crippen LogP contribution is -2.37. The lowest BCUT2D eigenvalue weighted by atomic mass is 10.2. The average molecular weight is 230 g/mol. The average Bonchev–Trinajstić information content (AvgIpc) is 2.83. The molecule has 88 valence electrons. The van der Waals surface area contributed by atoms with E-state index in [1.165, 1.54) is 5.01 Å². The van der Waals surface area contributed by atoms with Crippen molar-refractivity contribution in [2.75, 3.05) is 0 Å². The first kappa shape index (κ1) is 11.4. The summed E-state index contributed by atoms with van der Waals surface area (Å²) in [6.45, 7) is 0.403. The van der Waals surface area contributed by atoms with E-state index in [1.54, 1.807) is 18.4 Å². The molecular formula is C13H14N2O2. The number of hydrogen-bond acceptors (Lipinski definition) is 3. The number of carbonyl (C=O) groups is 1. The molecule has 0 atom stereocenters. The third-order valence-electron chi connectivity index (χ3n) is 2.42. The molecule has 2 rings (SSSR count). The molecule has 1 aromatic carbocycles. The topological polar surface area (TPSA) is 59.5 Å². The van der Waals surface area contributed by atoms with Gasteiger partial charge in [0.25, 0.3) is 0 Å². The van der Waals surface area contributed by atoms with Crippen molar-refractivity contribution >= 4 is 5.91 Å². The van der Waals surface area contributed by atoms with Gasteiger partial charge < -0.3 is 4.42 Å². The van der Waals surface area contributed by atoms with Gasteiger partial charge in [0.05, 0.1) is 19.2 Å². The zero-order valence-electron chi connectivity index (χ0n) is 9.37. The minimum absolute atomic E-state index is 0.163. The smallest absolute Gasteiger partial charge is 0.244 e. The molecule has 2 aromatic rings. The van der Waals surface area contributed by atoms with E-state index in [-0.39, 0.29) is 12.3 Å². The van der Waals surface area contributed by atoms with Crippen LogP contribution in [0, 0.1) is 0 Å². The van der Waals surface area contributed by atoms with Crippen LogP contribution in [0.4, 0.5) is 0 Å². The van der Waals surface area contributed by atoms with Crippen molar-refractivity contribution in [1.82, 2.24) is 5.01 Å². The van der Waals surface area contributed by atoms with Gasteiger partial charge in [0.2, 0.25) is 5.91 Å². The highest BCUT2D eigenvalue weighted by Gasteiger charge is 2.12. The molecule has 0 unspecified atom stereocenters. The van der Waals surface area contributed by atoms with Crippen molar-refractivity contribution in [2.45, 2.75) is 13.0 Å². The Hall–Kier alpha value is -2.07. The van der Waals surface area contributed by atoms with Gasteiger partial charge in [-0.1, -0.05) is 30.3 Å². The molecule has 2 N–H and O–H groups in total. The highest BCUT2D eigenvalue weighted by Crippen LogP contribution is 2.05.